The van der Waals surface area contributed by atoms with Crippen LogP contribution in [0.2, 0.25) is 5.02 Å². The normalized spacial score (nSPS) is 26.9. The Morgan fingerprint density at radius 1 is 1.22 bits per heavy atom. The Morgan fingerprint density at radius 2 is 1.94 bits per heavy atom. The number of sulfonamides is 1. The number of nitrogens with one attached hydrogen (secondary N) is 1. The highest BCUT2D eigenvalue weighted by atomic mass is 35.5. The predicted octanol–water partition coefficient (Wildman–Crippen LogP) is 5.57. The summed E-state index contributed by atoms with van der Waals surface area (Å²) in [5.41, 5.74) is 1.05. The average Bonchev–Trinajstić information content (AvgIpc) is 2.75. The second-order valence-electron chi connectivity index (χ2n) is 9.56. The van der Waals surface area contributed by atoms with Crippen LogP contribution in [0.1, 0.15) is 57.9 Å². The molecule has 4 unspecified atom stereocenters. The second-order valence-corrected chi connectivity index (χ2v) is 11.6. The van der Waals surface area contributed by atoms with Crippen molar-refractivity contribution in [3.05, 3.63) is 52.4 Å². The largest absolute Gasteiger partial charge is 0.469 e. The molecular formula is C25H34ClNO4S. The van der Waals surface area contributed by atoms with Crippen molar-refractivity contribution < 1.29 is 17.9 Å². The number of esters is 1. The van der Waals surface area contributed by atoms with E-state index in [1.807, 2.05) is 0 Å². The molecule has 0 aliphatic heterocycles. The maximum Gasteiger partial charge on any atom is 0.305 e. The molecule has 3 fully saturated rings. The van der Waals surface area contributed by atoms with E-state index in [2.05, 4.69) is 35.5 Å². The van der Waals surface area contributed by atoms with E-state index in [1.54, 1.807) is 30.3 Å². The maximum absolute atomic E-state index is 12.8. The van der Waals surface area contributed by atoms with Gasteiger partial charge in [0, 0.05) is 22.9 Å². The number of rotatable bonds is 10. The monoisotopic (exact) mass is 479 g/mol. The lowest BCUT2D eigenvalue weighted by Gasteiger charge is -2.62. The second kappa shape index (κ2) is 10.5. The van der Waals surface area contributed by atoms with E-state index in [1.165, 1.54) is 18.9 Å². The number of carbonyl (C=O) groups is 1. The van der Waals surface area contributed by atoms with Gasteiger partial charge in [-0.25, -0.2) is 13.1 Å². The molecule has 5 nitrogen and oxygen atoms in total. The lowest BCUT2D eigenvalue weighted by atomic mass is 9.44. The number of allylic oxidation sites excluding steroid dienone is 2. The fourth-order valence-corrected chi connectivity index (χ4v) is 6.47. The molecule has 1 aromatic rings. The van der Waals surface area contributed by atoms with E-state index in [0.717, 1.165) is 31.2 Å². The molecular weight excluding hydrogens is 446 g/mol. The standard InChI is InChI=1S/C25H34ClNO4S/c1-25(2)19-16-22(25)21(8-6-4-5-7-9-24(28)31-3)23(17-19)27-32(29,30)15-14-18-10-12-20(26)13-11-18/h4,6,10-15,19,21-23,27H,5,7-9,16-17H2,1-3H3/b6-4-,15-14?. The van der Waals surface area contributed by atoms with Crippen LogP contribution in [0.25, 0.3) is 6.08 Å². The van der Waals surface area contributed by atoms with Crippen LogP contribution in [0.15, 0.2) is 41.8 Å². The third-order valence-electron chi connectivity index (χ3n) is 7.30. The molecule has 0 aromatic heterocycles. The number of halogens is 1. The number of methoxy groups -OCH3 is 1. The molecule has 0 radical (unpaired) electrons. The molecule has 3 aliphatic carbocycles. The van der Waals surface area contributed by atoms with E-state index in [4.69, 9.17) is 11.6 Å². The minimum atomic E-state index is -3.55. The Balaban J connectivity index is 1.61. The summed E-state index contributed by atoms with van der Waals surface area (Å²) in [6.07, 6.45) is 10.7. The van der Waals surface area contributed by atoms with Gasteiger partial charge >= 0.3 is 5.97 Å². The molecule has 1 aromatic carbocycles. The zero-order valence-electron chi connectivity index (χ0n) is 19.1. The zero-order valence-corrected chi connectivity index (χ0v) is 20.7. The van der Waals surface area contributed by atoms with Gasteiger partial charge in [-0.15, -0.1) is 0 Å². The van der Waals surface area contributed by atoms with Crippen LogP contribution in [-0.4, -0.2) is 27.5 Å². The van der Waals surface area contributed by atoms with Crippen LogP contribution in [0.4, 0.5) is 0 Å². The number of hydrogen-bond acceptors (Lipinski definition) is 4. The van der Waals surface area contributed by atoms with E-state index >= 15 is 0 Å². The highest BCUT2D eigenvalue weighted by Gasteiger charge is 2.57. The molecule has 32 heavy (non-hydrogen) atoms. The van der Waals surface area contributed by atoms with Gasteiger partial charge in [0.25, 0.3) is 0 Å². The van der Waals surface area contributed by atoms with Gasteiger partial charge in [-0.05, 0) is 79.0 Å². The van der Waals surface area contributed by atoms with Gasteiger partial charge in [0.15, 0.2) is 0 Å². The molecule has 4 atom stereocenters. The predicted molar refractivity (Wildman–Crippen MR) is 129 cm³/mol. The Kier molecular flexibility index (Phi) is 8.23. The SMILES string of the molecule is COC(=O)CCC/C=C\CC1C(NS(=O)(=O)C=Cc2ccc(Cl)cc2)CC2CC1C2(C)C. The van der Waals surface area contributed by atoms with Crippen LogP contribution in [-0.2, 0) is 19.6 Å². The number of hydrogen-bond donors (Lipinski definition) is 1. The van der Waals surface area contributed by atoms with Crippen LogP contribution in [0, 0.1) is 23.2 Å². The molecule has 7 heteroatoms. The number of ether oxygens (including phenoxy) is 1. The van der Waals surface area contributed by atoms with Crippen molar-refractivity contribution >= 4 is 33.7 Å². The van der Waals surface area contributed by atoms with Crippen LogP contribution >= 0.6 is 11.6 Å². The van der Waals surface area contributed by atoms with Gasteiger partial charge < -0.3 is 4.74 Å². The summed E-state index contributed by atoms with van der Waals surface area (Å²) in [6.45, 7) is 4.62. The fraction of sp³-hybridized carbons (Fsp3) is 0.560. The lowest BCUT2D eigenvalue weighted by Crippen LogP contribution is -2.61. The summed E-state index contributed by atoms with van der Waals surface area (Å²) in [4.78, 5) is 11.2. The Labute approximate surface area is 197 Å². The Morgan fingerprint density at radius 3 is 2.59 bits per heavy atom. The molecule has 176 valence electrons. The molecule has 3 aliphatic rings. The molecule has 0 heterocycles. The first kappa shape index (κ1) is 25.0. The summed E-state index contributed by atoms with van der Waals surface area (Å²) >= 11 is 5.90. The number of unbranched alkanes of at least 4 members (excludes halogenated alkanes) is 1. The molecule has 0 amide bonds. The summed E-state index contributed by atoms with van der Waals surface area (Å²) in [5.74, 6) is 1.15. The van der Waals surface area contributed by atoms with E-state index in [9.17, 15) is 13.2 Å². The van der Waals surface area contributed by atoms with Crippen LogP contribution < -0.4 is 4.72 Å². The van der Waals surface area contributed by atoms with Gasteiger partial charge in [0.05, 0.1) is 7.11 Å². The highest BCUT2D eigenvalue weighted by Crippen LogP contribution is 2.62. The van der Waals surface area contributed by atoms with Crippen molar-refractivity contribution in [2.75, 3.05) is 7.11 Å². The van der Waals surface area contributed by atoms with E-state index in [-0.39, 0.29) is 23.3 Å². The average molecular weight is 480 g/mol. The molecule has 2 bridgehead atoms. The zero-order chi connectivity index (χ0) is 23.4. The summed E-state index contributed by atoms with van der Waals surface area (Å²) in [7, 11) is -2.15. The van der Waals surface area contributed by atoms with E-state index in [0.29, 0.717) is 23.3 Å². The van der Waals surface area contributed by atoms with Crippen molar-refractivity contribution in [1.82, 2.24) is 4.72 Å². The number of benzene rings is 1. The van der Waals surface area contributed by atoms with Gasteiger partial charge in [0.1, 0.15) is 0 Å². The highest BCUT2D eigenvalue weighted by molar-refractivity contribution is 7.92. The third-order valence-corrected chi connectivity index (χ3v) is 8.68. The minimum absolute atomic E-state index is 0.0636. The van der Waals surface area contributed by atoms with Crippen molar-refractivity contribution in [2.24, 2.45) is 23.2 Å². The minimum Gasteiger partial charge on any atom is -0.469 e. The van der Waals surface area contributed by atoms with Crippen molar-refractivity contribution in [2.45, 2.75) is 58.4 Å². The van der Waals surface area contributed by atoms with E-state index < -0.39 is 10.0 Å². The quantitative estimate of drug-likeness (QED) is 0.270. The summed E-state index contributed by atoms with van der Waals surface area (Å²) < 4.78 is 33.2. The van der Waals surface area contributed by atoms with Gasteiger partial charge in [-0.1, -0.05) is 49.7 Å². The topological polar surface area (TPSA) is 72.5 Å². The molecule has 4 rings (SSSR count). The Hall–Kier alpha value is -1.63. The molecule has 1 N–H and O–H groups in total. The third kappa shape index (κ3) is 6.24. The fourth-order valence-electron chi connectivity index (χ4n) is 5.24. The first-order valence-electron chi connectivity index (χ1n) is 11.3. The van der Waals surface area contributed by atoms with Gasteiger partial charge in [-0.2, -0.15) is 0 Å². The summed E-state index contributed by atoms with van der Waals surface area (Å²) in [6, 6.07) is 7.00. The number of carbonyl (C=O) groups excluding carboxylic acids is 1. The van der Waals surface area contributed by atoms with Crippen LogP contribution in [0.5, 0.6) is 0 Å². The van der Waals surface area contributed by atoms with Crippen molar-refractivity contribution in [1.29, 1.82) is 0 Å². The first-order chi connectivity index (χ1) is 15.1. The van der Waals surface area contributed by atoms with Crippen molar-refractivity contribution in [3.63, 3.8) is 0 Å². The smallest absolute Gasteiger partial charge is 0.305 e. The molecule has 0 spiro atoms. The summed E-state index contributed by atoms with van der Waals surface area (Å²) in [5, 5.41) is 1.87. The van der Waals surface area contributed by atoms with Crippen molar-refractivity contribution in [3.8, 4) is 0 Å². The van der Waals surface area contributed by atoms with Gasteiger partial charge in [0.2, 0.25) is 10.0 Å². The Bertz CT molecular complexity index is 953. The van der Waals surface area contributed by atoms with Gasteiger partial charge in [-0.3, -0.25) is 4.79 Å². The first-order valence-corrected chi connectivity index (χ1v) is 13.2. The maximum atomic E-state index is 12.8. The molecule has 0 saturated heterocycles. The molecule has 3 saturated carbocycles. The number of fused-ring (bicyclic) bond motifs is 2. The lowest BCUT2D eigenvalue weighted by molar-refractivity contribution is -0.140. The van der Waals surface area contributed by atoms with Crippen LogP contribution in [0.3, 0.4) is 0 Å².